The Morgan fingerprint density at radius 1 is 1.07 bits per heavy atom. The number of carbonyl (C=O) groups excluding carboxylic acids is 2. The van der Waals surface area contributed by atoms with Gasteiger partial charge in [-0.2, -0.15) is 0 Å². The molecule has 0 spiro atoms. The number of rotatable bonds is 7. The van der Waals surface area contributed by atoms with E-state index in [1.165, 1.54) is 0 Å². The van der Waals surface area contributed by atoms with Crippen LogP contribution in [-0.2, 0) is 4.79 Å². The highest BCUT2D eigenvalue weighted by atomic mass is 35.5. The molecule has 150 valence electrons. The summed E-state index contributed by atoms with van der Waals surface area (Å²) in [4.78, 5) is 24.1. The van der Waals surface area contributed by atoms with Gasteiger partial charge in [0, 0.05) is 10.6 Å². The zero-order chi connectivity index (χ0) is 20.7. The Morgan fingerprint density at radius 2 is 1.75 bits per heavy atom. The molecular weight excluding hydrogens is 380 g/mol. The molecule has 2 aromatic carbocycles. The summed E-state index contributed by atoms with van der Waals surface area (Å²) in [7, 11) is 0. The van der Waals surface area contributed by atoms with E-state index in [1.54, 1.807) is 24.3 Å². The van der Waals surface area contributed by atoms with Crippen LogP contribution < -0.4 is 20.3 Å². The van der Waals surface area contributed by atoms with E-state index in [-0.39, 0.29) is 12.5 Å². The molecular formula is C21H25ClN2O4. The number of nitrogens with one attached hydrogen (secondary N) is 2. The maximum Gasteiger partial charge on any atom is 0.276 e. The zero-order valence-corrected chi connectivity index (χ0v) is 17.2. The summed E-state index contributed by atoms with van der Waals surface area (Å²) in [6, 6.07) is 10.3. The molecule has 0 aromatic heterocycles. The van der Waals surface area contributed by atoms with Crippen molar-refractivity contribution in [2.45, 2.75) is 33.6 Å². The summed E-state index contributed by atoms with van der Waals surface area (Å²) in [5, 5.41) is 0.656. The second-order valence-corrected chi connectivity index (χ2v) is 6.95. The lowest BCUT2D eigenvalue weighted by molar-refractivity contribution is -0.123. The monoisotopic (exact) mass is 404 g/mol. The first-order valence-corrected chi connectivity index (χ1v) is 9.44. The Labute approximate surface area is 170 Å². The van der Waals surface area contributed by atoms with Gasteiger partial charge in [0.05, 0.1) is 6.61 Å². The van der Waals surface area contributed by atoms with Crippen LogP contribution in [0.2, 0.25) is 5.02 Å². The van der Waals surface area contributed by atoms with Crippen LogP contribution in [0.3, 0.4) is 0 Å². The standard InChI is InChI=1S/C21H25ClN2O4/c1-5-27-16-8-6-15(7-9-16)21(26)24-23-20(25)12-28-19-10-14(4)18(22)11-17(19)13(2)3/h6-11,13H,5,12H2,1-4H3,(H,23,25)(H,24,26). The number of amides is 2. The second-order valence-electron chi connectivity index (χ2n) is 6.54. The molecule has 2 aromatic rings. The fourth-order valence-corrected chi connectivity index (χ4v) is 2.67. The zero-order valence-electron chi connectivity index (χ0n) is 16.5. The van der Waals surface area contributed by atoms with Crippen molar-refractivity contribution in [3.05, 3.63) is 58.1 Å². The molecule has 0 heterocycles. The predicted octanol–water partition coefficient (Wildman–Crippen LogP) is 4.01. The molecule has 0 unspecified atom stereocenters. The average molecular weight is 405 g/mol. The number of aryl methyl sites for hydroxylation is 1. The molecule has 2 rings (SSSR count). The number of hydrazine groups is 1. The minimum Gasteiger partial charge on any atom is -0.494 e. The first-order valence-electron chi connectivity index (χ1n) is 9.06. The topological polar surface area (TPSA) is 76.7 Å². The van der Waals surface area contributed by atoms with E-state index >= 15 is 0 Å². The fourth-order valence-electron chi connectivity index (χ4n) is 2.49. The Morgan fingerprint density at radius 3 is 2.36 bits per heavy atom. The van der Waals surface area contributed by atoms with Gasteiger partial charge in [-0.15, -0.1) is 0 Å². The van der Waals surface area contributed by atoms with Gasteiger partial charge in [0.2, 0.25) is 0 Å². The van der Waals surface area contributed by atoms with Crippen LogP contribution in [-0.4, -0.2) is 25.0 Å². The smallest absolute Gasteiger partial charge is 0.276 e. The van der Waals surface area contributed by atoms with Crippen LogP contribution >= 0.6 is 11.6 Å². The van der Waals surface area contributed by atoms with E-state index in [2.05, 4.69) is 10.9 Å². The summed E-state index contributed by atoms with van der Waals surface area (Å²) in [6.45, 7) is 8.11. The molecule has 0 fully saturated rings. The van der Waals surface area contributed by atoms with Gasteiger partial charge in [-0.25, -0.2) is 0 Å². The van der Waals surface area contributed by atoms with Crippen LogP contribution in [0.4, 0.5) is 0 Å². The number of hydrogen-bond donors (Lipinski definition) is 2. The van der Waals surface area contributed by atoms with Gasteiger partial charge in [0.1, 0.15) is 11.5 Å². The summed E-state index contributed by atoms with van der Waals surface area (Å²) in [6.07, 6.45) is 0. The van der Waals surface area contributed by atoms with Gasteiger partial charge in [-0.1, -0.05) is 25.4 Å². The molecule has 0 saturated carbocycles. The molecule has 0 aliphatic heterocycles. The maximum atomic E-state index is 12.1. The van der Waals surface area contributed by atoms with Crippen molar-refractivity contribution in [3.63, 3.8) is 0 Å². The van der Waals surface area contributed by atoms with E-state index < -0.39 is 11.8 Å². The average Bonchev–Trinajstić information content (AvgIpc) is 2.67. The Balaban J connectivity index is 1.89. The number of ether oxygens (including phenoxy) is 2. The van der Waals surface area contributed by atoms with Crippen molar-refractivity contribution in [3.8, 4) is 11.5 Å². The van der Waals surface area contributed by atoms with Crippen LogP contribution in [0.5, 0.6) is 11.5 Å². The Hall–Kier alpha value is -2.73. The lowest BCUT2D eigenvalue weighted by Crippen LogP contribution is -2.43. The van der Waals surface area contributed by atoms with Gasteiger partial charge < -0.3 is 9.47 Å². The van der Waals surface area contributed by atoms with Gasteiger partial charge in [0.25, 0.3) is 11.8 Å². The predicted molar refractivity (Wildman–Crippen MR) is 109 cm³/mol. The van der Waals surface area contributed by atoms with Crippen molar-refractivity contribution < 1.29 is 19.1 Å². The molecule has 0 radical (unpaired) electrons. The number of carbonyl (C=O) groups is 2. The highest BCUT2D eigenvalue weighted by Crippen LogP contribution is 2.31. The summed E-state index contributed by atoms with van der Waals surface area (Å²) >= 11 is 6.17. The molecule has 28 heavy (non-hydrogen) atoms. The highest BCUT2D eigenvalue weighted by Gasteiger charge is 2.13. The summed E-state index contributed by atoms with van der Waals surface area (Å²) in [5.41, 5.74) is 6.90. The molecule has 0 aliphatic carbocycles. The van der Waals surface area contributed by atoms with Crippen molar-refractivity contribution in [2.24, 2.45) is 0 Å². The van der Waals surface area contributed by atoms with Crippen molar-refractivity contribution in [2.75, 3.05) is 13.2 Å². The Kier molecular flexibility index (Phi) is 7.70. The largest absolute Gasteiger partial charge is 0.494 e. The van der Waals surface area contributed by atoms with E-state index in [9.17, 15) is 9.59 Å². The molecule has 0 bridgehead atoms. The Bertz CT molecular complexity index is 835. The lowest BCUT2D eigenvalue weighted by Gasteiger charge is -2.16. The molecule has 2 N–H and O–H groups in total. The minimum atomic E-state index is -0.471. The van der Waals surface area contributed by atoms with Gasteiger partial charge in [0.15, 0.2) is 6.61 Å². The second kappa shape index (κ2) is 9.99. The third-order valence-corrected chi connectivity index (χ3v) is 4.42. The molecule has 7 heteroatoms. The first-order chi connectivity index (χ1) is 13.3. The SMILES string of the molecule is CCOc1ccc(C(=O)NNC(=O)COc2cc(C)c(Cl)cc2C(C)C)cc1. The van der Waals surface area contributed by atoms with Crippen molar-refractivity contribution in [1.29, 1.82) is 0 Å². The van der Waals surface area contributed by atoms with E-state index in [1.807, 2.05) is 39.8 Å². The van der Waals surface area contributed by atoms with Gasteiger partial charge in [-0.3, -0.25) is 20.4 Å². The fraction of sp³-hybridized carbons (Fsp3) is 0.333. The van der Waals surface area contributed by atoms with E-state index in [4.69, 9.17) is 21.1 Å². The minimum absolute atomic E-state index is 0.190. The van der Waals surface area contributed by atoms with Gasteiger partial charge in [-0.05, 0) is 67.3 Å². The maximum absolute atomic E-state index is 12.1. The molecule has 6 nitrogen and oxygen atoms in total. The number of halogens is 1. The molecule has 2 amide bonds. The van der Waals surface area contributed by atoms with Crippen LogP contribution in [0, 0.1) is 6.92 Å². The van der Waals surface area contributed by atoms with Crippen LogP contribution in [0.15, 0.2) is 36.4 Å². The third-order valence-electron chi connectivity index (χ3n) is 4.01. The quantitative estimate of drug-likeness (QED) is 0.683. The highest BCUT2D eigenvalue weighted by molar-refractivity contribution is 6.31. The van der Waals surface area contributed by atoms with Crippen LogP contribution in [0.1, 0.15) is 48.2 Å². The van der Waals surface area contributed by atoms with Gasteiger partial charge >= 0.3 is 0 Å². The number of hydrogen-bond acceptors (Lipinski definition) is 4. The summed E-state index contributed by atoms with van der Waals surface area (Å²) < 4.78 is 11.0. The van der Waals surface area contributed by atoms with Crippen molar-refractivity contribution >= 4 is 23.4 Å². The molecule has 0 aliphatic rings. The normalized spacial score (nSPS) is 10.5. The van der Waals surface area contributed by atoms with E-state index in [0.717, 1.165) is 11.1 Å². The lowest BCUT2D eigenvalue weighted by atomic mass is 10.0. The first kappa shape index (κ1) is 21.6. The number of benzene rings is 2. The van der Waals surface area contributed by atoms with E-state index in [0.29, 0.717) is 28.7 Å². The summed E-state index contributed by atoms with van der Waals surface area (Å²) in [5.74, 6) is 0.569. The molecule has 0 atom stereocenters. The van der Waals surface area contributed by atoms with Crippen LogP contribution in [0.25, 0.3) is 0 Å². The molecule has 0 saturated heterocycles. The third kappa shape index (κ3) is 5.89. The van der Waals surface area contributed by atoms with Crippen molar-refractivity contribution in [1.82, 2.24) is 10.9 Å².